The number of nitrogens with one attached hydrogen (secondary N) is 1. The van der Waals surface area contributed by atoms with Crippen LogP contribution < -0.4 is 15.8 Å². The Morgan fingerprint density at radius 1 is 1.52 bits per heavy atom. The lowest BCUT2D eigenvalue weighted by molar-refractivity contribution is 0.0811. The summed E-state index contributed by atoms with van der Waals surface area (Å²) in [5.74, 6) is 0.964. The normalized spacial score (nSPS) is 25.4. The smallest absolute Gasteiger partial charge is 0.253 e. The lowest BCUT2D eigenvalue weighted by Crippen LogP contribution is -2.59. The molecule has 116 valence electrons. The lowest BCUT2D eigenvalue weighted by atomic mass is 9.73. The van der Waals surface area contributed by atoms with Crippen LogP contribution in [-0.2, 0) is 0 Å². The number of methoxy groups -OCH3 is 1. The van der Waals surface area contributed by atoms with Crippen LogP contribution in [0.1, 0.15) is 43.0 Å². The van der Waals surface area contributed by atoms with E-state index < -0.39 is 0 Å². The molecule has 1 aromatic rings. The van der Waals surface area contributed by atoms with Gasteiger partial charge in [0.1, 0.15) is 5.75 Å². The number of hydrogen-bond acceptors (Lipinski definition) is 3. The summed E-state index contributed by atoms with van der Waals surface area (Å²) in [5.41, 5.74) is 6.29. The molecule has 0 heterocycles. The fraction of sp³-hybridized carbons (Fsp3) is 0.562. The molecule has 21 heavy (non-hydrogen) atoms. The molecule has 0 saturated heterocycles. The summed E-state index contributed by atoms with van der Waals surface area (Å²) in [7, 11) is 1.59. The Morgan fingerprint density at radius 3 is 2.90 bits per heavy atom. The summed E-state index contributed by atoms with van der Waals surface area (Å²) < 4.78 is 5.96. The SMILES string of the molecule is COc1ccc(Br)c(C(=O)NC2(CN)CCCCC2C)c1. The van der Waals surface area contributed by atoms with Crippen molar-refractivity contribution in [2.75, 3.05) is 13.7 Å². The highest BCUT2D eigenvalue weighted by Crippen LogP contribution is 2.33. The number of hydrogen-bond donors (Lipinski definition) is 2. The quantitative estimate of drug-likeness (QED) is 0.872. The zero-order valence-electron chi connectivity index (χ0n) is 12.6. The van der Waals surface area contributed by atoms with Gasteiger partial charge in [-0.1, -0.05) is 19.8 Å². The van der Waals surface area contributed by atoms with Gasteiger partial charge in [0.2, 0.25) is 0 Å². The zero-order valence-corrected chi connectivity index (χ0v) is 14.2. The summed E-state index contributed by atoms with van der Waals surface area (Å²) >= 11 is 3.43. The van der Waals surface area contributed by atoms with Crippen LogP contribution in [0, 0.1) is 5.92 Å². The number of ether oxygens (including phenoxy) is 1. The number of amides is 1. The fourth-order valence-corrected chi connectivity index (χ4v) is 3.48. The summed E-state index contributed by atoms with van der Waals surface area (Å²) in [5, 5.41) is 3.19. The molecule has 0 bridgehead atoms. The second-order valence-electron chi connectivity index (χ2n) is 5.81. The molecule has 1 fully saturated rings. The molecule has 2 rings (SSSR count). The second kappa shape index (κ2) is 6.79. The first-order valence-electron chi connectivity index (χ1n) is 7.38. The molecule has 4 nitrogen and oxygen atoms in total. The fourth-order valence-electron chi connectivity index (χ4n) is 3.05. The average Bonchev–Trinajstić information content (AvgIpc) is 2.50. The molecule has 1 aliphatic rings. The van der Waals surface area contributed by atoms with Crippen LogP contribution >= 0.6 is 15.9 Å². The van der Waals surface area contributed by atoms with Crippen molar-refractivity contribution in [3.05, 3.63) is 28.2 Å². The van der Waals surface area contributed by atoms with Crippen molar-refractivity contribution >= 4 is 21.8 Å². The molecule has 0 aromatic heterocycles. The summed E-state index contributed by atoms with van der Waals surface area (Å²) in [6, 6.07) is 5.40. The topological polar surface area (TPSA) is 64.3 Å². The van der Waals surface area contributed by atoms with Gasteiger partial charge >= 0.3 is 0 Å². The second-order valence-corrected chi connectivity index (χ2v) is 6.66. The number of nitrogens with two attached hydrogens (primary N) is 1. The van der Waals surface area contributed by atoms with Crippen molar-refractivity contribution in [1.29, 1.82) is 0 Å². The summed E-state index contributed by atoms with van der Waals surface area (Å²) in [6.07, 6.45) is 4.37. The maximum absolute atomic E-state index is 12.7. The first kappa shape index (κ1) is 16.3. The lowest BCUT2D eigenvalue weighted by Gasteiger charge is -2.42. The molecular formula is C16H23BrN2O2. The van der Waals surface area contributed by atoms with Gasteiger partial charge in [-0.25, -0.2) is 0 Å². The van der Waals surface area contributed by atoms with Crippen LogP contribution in [0.15, 0.2) is 22.7 Å². The van der Waals surface area contributed by atoms with Gasteiger partial charge in [-0.15, -0.1) is 0 Å². The van der Waals surface area contributed by atoms with Gasteiger partial charge < -0.3 is 15.8 Å². The Kier molecular flexibility index (Phi) is 5.27. The third-order valence-electron chi connectivity index (χ3n) is 4.60. The highest BCUT2D eigenvalue weighted by atomic mass is 79.9. The number of carbonyl (C=O) groups is 1. The van der Waals surface area contributed by atoms with Crippen molar-refractivity contribution in [3.63, 3.8) is 0 Å². The number of rotatable bonds is 4. The van der Waals surface area contributed by atoms with Crippen molar-refractivity contribution < 1.29 is 9.53 Å². The van der Waals surface area contributed by atoms with E-state index in [1.54, 1.807) is 13.2 Å². The summed E-state index contributed by atoms with van der Waals surface area (Å²) in [6.45, 7) is 2.65. The molecular weight excluding hydrogens is 332 g/mol. The molecule has 0 radical (unpaired) electrons. The molecule has 2 unspecified atom stereocenters. The molecule has 1 aliphatic carbocycles. The molecule has 1 aromatic carbocycles. The van der Waals surface area contributed by atoms with E-state index in [1.165, 1.54) is 6.42 Å². The van der Waals surface area contributed by atoms with Gasteiger partial charge in [0.15, 0.2) is 0 Å². The molecule has 1 amide bonds. The van der Waals surface area contributed by atoms with Crippen LogP contribution in [-0.4, -0.2) is 25.1 Å². The Morgan fingerprint density at radius 2 is 2.29 bits per heavy atom. The van der Waals surface area contributed by atoms with E-state index in [-0.39, 0.29) is 11.4 Å². The van der Waals surface area contributed by atoms with E-state index >= 15 is 0 Å². The predicted octanol–water partition coefficient (Wildman–Crippen LogP) is 3.10. The molecule has 2 atom stereocenters. The summed E-state index contributed by atoms with van der Waals surface area (Å²) in [4.78, 5) is 12.7. The van der Waals surface area contributed by atoms with Crippen LogP contribution in [0.3, 0.4) is 0 Å². The first-order chi connectivity index (χ1) is 10.0. The molecule has 1 saturated carbocycles. The third kappa shape index (κ3) is 3.40. The van der Waals surface area contributed by atoms with Gasteiger partial charge in [0.05, 0.1) is 18.2 Å². The molecule has 5 heteroatoms. The van der Waals surface area contributed by atoms with E-state index in [1.807, 2.05) is 12.1 Å². The van der Waals surface area contributed by atoms with E-state index in [0.29, 0.717) is 23.8 Å². The maximum atomic E-state index is 12.7. The highest BCUT2D eigenvalue weighted by molar-refractivity contribution is 9.10. The van der Waals surface area contributed by atoms with E-state index in [0.717, 1.165) is 23.7 Å². The van der Waals surface area contributed by atoms with Crippen LogP contribution in [0.25, 0.3) is 0 Å². The largest absolute Gasteiger partial charge is 0.497 e. The van der Waals surface area contributed by atoms with Crippen LogP contribution in [0.4, 0.5) is 0 Å². The Balaban J connectivity index is 2.23. The minimum absolute atomic E-state index is 0.0972. The standard InChI is InChI=1S/C16H23BrN2O2/c1-11-5-3-4-8-16(11,10-18)19-15(20)13-9-12(21-2)6-7-14(13)17/h6-7,9,11H,3-5,8,10,18H2,1-2H3,(H,19,20). The van der Waals surface area contributed by atoms with E-state index in [9.17, 15) is 4.79 Å². The van der Waals surface area contributed by atoms with E-state index in [4.69, 9.17) is 10.5 Å². The first-order valence-corrected chi connectivity index (χ1v) is 8.18. The van der Waals surface area contributed by atoms with Gasteiger partial charge in [-0.3, -0.25) is 4.79 Å². The third-order valence-corrected chi connectivity index (χ3v) is 5.29. The Bertz CT molecular complexity index is 521. The Hall–Kier alpha value is -1.07. The average molecular weight is 355 g/mol. The predicted molar refractivity (Wildman–Crippen MR) is 87.6 cm³/mol. The number of benzene rings is 1. The minimum Gasteiger partial charge on any atom is -0.497 e. The molecule has 0 aliphatic heterocycles. The van der Waals surface area contributed by atoms with Crippen LogP contribution in [0.5, 0.6) is 5.75 Å². The number of halogens is 1. The van der Waals surface area contributed by atoms with Crippen molar-refractivity contribution in [3.8, 4) is 5.75 Å². The van der Waals surface area contributed by atoms with Crippen molar-refractivity contribution in [2.45, 2.75) is 38.1 Å². The zero-order chi connectivity index (χ0) is 15.5. The van der Waals surface area contributed by atoms with Crippen LogP contribution in [0.2, 0.25) is 0 Å². The Labute approximate surface area is 134 Å². The van der Waals surface area contributed by atoms with Gasteiger partial charge in [-0.05, 0) is 52.9 Å². The maximum Gasteiger partial charge on any atom is 0.253 e. The van der Waals surface area contributed by atoms with Gasteiger partial charge in [0.25, 0.3) is 5.91 Å². The minimum atomic E-state index is -0.294. The van der Waals surface area contributed by atoms with Crippen molar-refractivity contribution in [2.24, 2.45) is 11.7 Å². The highest BCUT2D eigenvalue weighted by Gasteiger charge is 2.38. The van der Waals surface area contributed by atoms with Crippen molar-refractivity contribution in [1.82, 2.24) is 5.32 Å². The molecule has 0 spiro atoms. The van der Waals surface area contributed by atoms with E-state index in [2.05, 4.69) is 28.2 Å². The molecule has 3 N–H and O–H groups in total. The number of carbonyl (C=O) groups excluding carboxylic acids is 1. The van der Waals surface area contributed by atoms with Gasteiger partial charge in [0, 0.05) is 11.0 Å². The van der Waals surface area contributed by atoms with Gasteiger partial charge in [-0.2, -0.15) is 0 Å². The monoisotopic (exact) mass is 354 g/mol.